The first-order valence-electron chi connectivity index (χ1n) is 6.65. The van der Waals surface area contributed by atoms with E-state index in [2.05, 4.69) is 20.0 Å². The topological polar surface area (TPSA) is 83.6 Å². The number of piperidine rings is 1. The number of hydrogen-bond donors (Lipinski definition) is 1. The quantitative estimate of drug-likeness (QED) is 0.884. The Bertz CT molecular complexity index is 668. The molecule has 2 aromatic rings. The molecule has 1 atom stereocenters. The molecule has 3 rings (SSSR count). The normalized spacial score (nSPS) is 23.2. The van der Waals surface area contributed by atoms with Crippen LogP contribution in [0.15, 0.2) is 12.4 Å². The molecule has 0 bridgehead atoms. The second kappa shape index (κ2) is 4.43. The minimum absolute atomic E-state index is 0.473. The number of carboxylic acid groups (broad SMARTS) is 1. The average molecular weight is 275 g/mol. The molecule has 1 aliphatic heterocycles. The van der Waals surface area contributed by atoms with Gasteiger partial charge in [-0.05, 0) is 26.7 Å². The lowest BCUT2D eigenvalue weighted by Crippen LogP contribution is -2.46. The van der Waals surface area contributed by atoms with E-state index in [9.17, 15) is 9.90 Å². The summed E-state index contributed by atoms with van der Waals surface area (Å²) in [6.07, 6.45) is 3.01. The van der Waals surface area contributed by atoms with Crippen molar-refractivity contribution in [1.29, 1.82) is 0 Å². The Hall–Kier alpha value is -2.18. The Morgan fingerprint density at radius 2 is 2.30 bits per heavy atom. The number of aliphatic carboxylic acids is 1. The van der Waals surface area contributed by atoms with Crippen LogP contribution in [0.25, 0.3) is 5.78 Å². The number of aromatic nitrogens is 4. The molecule has 1 N–H and O–H groups in total. The van der Waals surface area contributed by atoms with Gasteiger partial charge >= 0.3 is 5.97 Å². The summed E-state index contributed by atoms with van der Waals surface area (Å²) in [5, 5.41) is 13.6. The third-order valence-electron chi connectivity index (χ3n) is 3.90. The fourth-order valence-electron chi connectivity index (χ4n) is 2.75. The summed E-state index contributed by atoms with van der Waals surface area (Å²) in [5.41, 5.74) is 0.130. The maximum absolute atomic E-state index is 11.5. The Labute approximate surface area is 116 Å². The fraction of sp³-hybridized carbons (Fsp3) is 0.538. The van der Waals surface area contributed by atoms with Gasteiger partial charge in [0.1, 0.15) is 12.1 Å². The molecule has 3 heterocycles. The van der Waals surface area contributed by atoms with Crippen molar-refractivity contribution in [1.82, 2.24) is 19.6 Å². The summed E-state index contributed by atoms with van der Waals surface area (Å²) in [6.45, 7) is 4.99. The highest BCUT2D eigenvalue weighted by Gasteiger charge is 2.38. The molecule has 1 aliphatic rings. The predicted octanol–water partition coefficient (Wildman–Crippen LogP) is 1.12. The van der Waals surface area contributed by atoms with E-state index in [-0.39, 0.29) is 0 Å². The third-order valence-corrected chi connectivity index (χ3v) is 3.90. The average Bonchev–Trinajstić information content (AvgIpc) is 2.85. The maximum Gasteiger partial charge on any atom is 0.311 e. The monoisotopic (exact) mass is 275 g/mol. The van der Waals surface area contributed by atoms with Crippen molar-refractivity contribution < 1.29 is 9.90 Å². The van der Waals surface area contributed by atoms with E-state index >= 15 is 0 Å². The van der Waals surface area contributed by atoms with Crippen LogP contribution in [0.5, 0.6) is 0 Å². The van der Waals surface area contributed by atoms with E-state index in [1.165, 1.54) is 6.33 Å². The van der Waals surface area contributed by atoms with Crippen LogP contribution in [0, 0.1) is 12.3 Å². The number of carbonyl (C=O) groups is 1. The molecule has 106 valence electrons. The summed E-state index contributed by atoms with van der Waals surface area (Å²) in [5.74, 6) is 0.655. The second-order valence-electron chi connectivity index (χ2n) is 5.62. The summed E-state index contributed by atoms with van der Waals surface area (Å²) in [7, 11) is 0. The number of aryl methyl sites for hydroxylation is 1. The predicted molar refractivity (Wildman–Crippen MR) is 72.7 cm³/mol. The van der Waals surface area contributed by atoms with Crippen LogP contribution in [0.1, 0.15) is 25.5 Å². The number of hydrogen-bond acceptors (Lipinski definition) is 5. The van der Waals surface area contributed by atoms with Crippen molar-refractivity contribution in [2.24, 2.45) is 5.41 Å². The molecule has 0 aliphatic carbocycles. The molecule has 0 radical (unpaired) electrons. The first-order chi connectivity index (χ1) is 9.49. The SMILES string of the molecule is Cc1cc(N2CCCC(C)(C(=O)O)C2)n2ncnc2n1. The number of fused-ring (bicyclic) bond motifs is 1. The fourth-order valence-corrected chi connectivity index (χ4v) is 2.75. The van der Waals surface area contributed by atoms with Crippen LogP contribution in [-0.2, 0) is 4.79 Å². The lowest BCUT2D eigenvalue weighted by Gasteiger charge is -2.38. The molecule has 7 nitrogen and oxygen atoms in total. The van der Waals surface area contributed by atoms with Gasteiger partial charge in [0.2, 0.25) is 0 Å². The molecule has 0 spiro atoms. The zero-order valence-electron chi connectivity index (χ0n) is 11.6. The smallest absolute Gasteiger partial charge is 0.311 e. The molecule has 1 saturated heterocycles. The van der Waals surface area contributed by atoms with Gasteiger partial charge in [0, 0.05) is 24.8 Å². The van der Waals surface area contributed by atoms with Crippen LogP contribution in [0.2, 0.25) is 0 Å². The van der Waals surface area contributed by atoms with E-state index in [1.54, 1.807) is 11.4 Å². The molecule has 7 heteroatoms. The lowest BCUT2D eigenvalue weighted by molar-refractivity contribution is -0.148. The summed E-state index contributed by atoms with van der Waals surface area (Å²) in [6, 6.07) is 1.93. The second-order valence-corrected chi connectivity index (χ2v) is 5.62. The van der Waals surface area contributed by atoms with Gasteiger partial charge < -0.3 is 10.0 Å². The molecule has 20 heavy (non-hydrogen) atoms. The summed E-state index contributed by atoms with van der Waals surface area (Å²) >= 11 is 0. The first kappa shape index (κ1) is 12.8. The first-order valence-corrected chi connectivity index (χ1v) is 6.65. The molecular weight excluding hydrogens is 258 g/mol. The van der Waals surface area contributed by atoms with Crippen LogP contribution < -0.4 is 4.90 Å². The van der Waals surface area contributed by atoms with E-state index in [1.807, 2.05) is 13.0 Å². The van der Waals surface area contributed by atoms with Crippen molar-refractivity contribution in [3.8, 4) is 0 Å². The number of rotatable bonds is 2. The summed E-state index contributed by atoms with van der Waals surface area (Å²) in [4.78, 5) is 21.9. The van der Waals surface area contributed by atoms with Gasteiger partial charge in [0.05, 0.1) is 5.41 Å². The molecule has 1 fully saturated rings. The van der Waals surface area contributed by atoms with Gasteiger partial charge in [-0.1, -0.05) is 0 Å². The highest BCUT2D eigenvalue weighted by Crippen LogP contribution is 2.32. The zero-order valence-corrected chi connectivity index (χ0v) is 11.6. The molecule has 1 unspecified atom stereocenters. The molecule has 0 aromatic carbocycles. The van der Waals surface area contributed by atoms with Crippen LogP contribution in [0.3, 0.4) is 0 Å². The van der Waals surface area contributed by atoms with Crippen molar-refractivity contribution in [3.63, 3.8) is 0 Å². The highest BCUT2D eigenvalue weighted by atomic mass is 16.4. The molecular formula is C13H17N5O2. The summed E-state index contributed by atoms with van der Waals surface area (Å²) < 4.78 is 1.67. The minimum Gasteiger partial charge on any atom is -0.481 e. The Morgan fingerprint density at radius 3 is 3.05 bits per heavy atom. The van der Waals surface area contributed by atoms with Gasteiger partial charge in [-0.15, -0.1) is 0 Å². The standard InChI is InChI=1S/C13H17N5O2/c1-9-6-10(18-12(16-9)14-8-15-18)17-5-3-4-13(2,7-17)11(19)20/h6,8H,3-5,7H2,1-2H3,(H,19,20). The molecule has 0 saturated carbocycles. The van der Waals surface area contributed by atoms with Gasteiger partial charge in [-0.25, -0.2) is 4.98 Å². The van der Waals surface area contributed by atoms with Crippen molar-refractivity contribution in [2.45, 2.75) is 26.7 Å². The van der Waals surface area contributed by atoms with Crippen LogP contribution >= 0.6 is 0 Å². The Kier molecular flexibility index (Phi) is 2.84. The van der Waals surface area contributed by atoms with Crippen LogP contribution in [-0.4, -0.2) is 43.7 Å². The lowest BCUT2D eigenvalue weighted by atomic mass is 9.82. The van der Waals surface area contributed by atoms with Crippen molar-refractivity contribution in [3.05, 3.63) is 18.1 Å². The van der Waals surface area contributed by atoms with Crippen molar-refractivity contribution in [2.75, 3.05) is 18.0 Å². The number of nitrogens with zero attached hydrogens (tertiary/aromatic N) is 5. The van der Waals surface area contributed by atoms with E-state index in [0.717, 1.165) is 24.5 Å². The van der Waals surface area contributed by atoms with Gasteiger partial charge in [-0.3, -0.25) is 4.79 Å². The van der Waals surface area contributed by atoms with Gasteiger partial charge in [-0.2, -0.15) is 14.6 Å². The largest absolute Gasteiger partial charge is 0.481 e. The van der Waals surface area contributed by atoms with Crippen molar-refractivity contribution >= 4 is 17.6 Å². The van der Waals surface area contributed by atoms with Gasteiger partial charge in [0.15, 0.2) is 0 Å². The van der Waals surface area contributed by atoms with E-state index in [4.69, 9.17) is 0 Å². The zero-order chi connectivity index (χ0) is 14.3. The Balaban J connectivity index is 2.02. The molecule has 0 amide bonds. The minimum atomic E-state index is -0.747. The third kappa shape index (κ3) is 1.99. The Morgan fingerprint density at radius 1 is 1.50 bits per heavy atom. The number of carboxylic acids is 1. The van der Waals surface area contributed by atoms with E-state index in [0.29, 0.717) is 18.7 Å². The molecule has 2 aromatic heterocycles. The van der Waals surface area contributed by atoms with Gasteiger partial charge in [0.25, 0.3) is 5.78 Å². The number of anilines is 1. The van der Waals surface area contributed by atoms with E-state index < -0.39 is 11.4 Å². The maximum atomic E-state index is 11.5. The van der Waals surface area contributed by atoms with Crippen LogP contribution in [0.4, 0.5) is 5.82 Å². The highest BCUT2D eigenvalue weighted by molar-refractivity contribution is 5.75.